The molecule has 0 aliphatic rings. The molecule has 1 nitrogen and oxygen atoms in total. The summed E-state index contributed by atoms with van der Waals surface area (Å²) in [6, 6.07) is 4.48. The normalized spacial score (nSPS) is 9.00. The first-order valence-corrected chi connectivity index (χ1v) is 6.80. The summed E-state index contributed by atoms with van der Waals surface area (Å²) < 4.78 is 0. The van der Waals surface area contributed by atoms with Crippen LogP contribution in [0, 0.1) is 0 Å². The maximum atomic E-state index is 2.75. The predicted octanol–water partition coefficient (Wildman–Crippen LogP) is 2.11. The maximum absolute atomic E-state index is 2.75. The van der Waals surface area contributed by atoms with Crippen molar-refractivity contribution in [3.63, 3.8) is 0 Å². The van der Waals surface area contributed by atoms with E-state index in [1.165, 1.54) is 18.1 Å². The van der Waals surface area contributed by atoms with Gasteiger partial charge in [0, 0.05) is 8.80 Å². The average molecular weight is 161 g/mol. The quantitative estimate of drug-likeness (QED) is 0.625. The Hall–Kier alpha value is 0.177. The van der Waals surface area contributed by atoms with Crippen molar-refractivity contribution in [1.29, 1.82) is 0 Å². The van der Waals surface area contributed by atoms with Crippen LogP contribution in [0.2, 0.25) is 18.1 Å². The molecule has 10 heavy (non-hydrogen) atoms. The summed E-state index contributed by atoms with van der Waals surface area (Å²) in [5.74, 6) is 0. The van der Waals surface area contributed by atoms with Crippen LogP contribution in [0.3, 0.4) is 0 Å². The Bertz CT molecular complexity index is 39.0. The lowest BCUT2D eigenvalue weighted by Gasteiger charge is -2.03. The van der Waals surface area contributed by atoms with Crippen molar-refractivity contribution in [3.05, 3.63) is 0 Å². The topological polar surface area (TPSA) is 12.0 Å². The van der Waals surface area contributed by atoms with E-state index in [1.54, 1.807) is 0 Å². The van der Waals surface area contributed by atoms with Crippen LogP contribution in [0.4, 0.5) is 0 Å². The molecule has 64 valence electrons. The molecule has 0 saturated carbocycles. The van der Waals surface area contributed by atoms with Crippen molar-refractivity contribution in [3.8, 4) is 0 Å². The van der Waals surface area contributed by atoms with Crippen LogP contribution in [0.25, 0.3) is 0 Å². The summed E-state index contributed by atoms with van der Waals surface area (Å²) in [6.07, 6.45) is 0. The molecule has 0 aliphatic heterocycles. The molecule has 0 aromatic heterocycles. The lowest BCUT2D eigenvalue weighted by molar-refractivity contribution is 1.02. The van der Waals surface area contributed by atoms with Crippen molar-refractivity contribution < 1.29 is 0 Å². The minimum atomic E-state index is -0.171. The van der Waals surface area contributed by atoms with Gasteiger partial charge in [-0.25, -0.2) is 0 Å². The number of nitrogens with one attached hydrogen (secondary N) is 1. The fourth-order valence-corrected chi connectivity index (χ4v) is 2.60. The van der Waals surface area contributed by atoms with Gasteiger partial charge in [0.2, 0.25) is 0 Å². The molecule has 0 saturated heterocycles. The second-order valence-corrected chi connectivity index (χ2v) is 6.77. The molecular formula is C8H23NSi. The predicted molar refractivity (Wildman–Crippen MR) is 53.6 cm³/mol. The van der Waals surface area contributed by atoms with Crippen molar-refractivity contribution in [1.82, 2.24) is 5.32 Å². The van der Waals surface area contributed by atoms with Gasteiger partial charge in [-0.3, -0.25) is 0 Å². The Morgan fingerprint density at radius 2 is 1.10 bits per heavy atom. The Morgan fingerprint density at radius 3 is 1.10 bits per heavy atom. The third-order valence-electron chi connectivity index (χ3n) is 1.73. The molecule has 0 rings (SSSR count). The number of hydrogen-bond acceptors (Lipinski definition) is 1. The highest BCUT2D eigenvalue weighted by molar-refractivity contribution is 6.58. The number of rotatable bonds is 3. The first-order chi connectivity index (χ1) is 4.76. The molecule has 0 atom stereocenters. The molecular weight excluding hydrogens is 138 g/mol. The molecule has 0 heterocycles. The van der Waals surface area contributed by atoms with E-state index < -0.39 is 0 Å². The van der Waals surface area contributed by atoms with Crippen LogP contribution in [-0.4, -0.2) is 22.9 Å². The van der Waals surface area contributed by atoms with E-state index in [2.05, 4.69) is 26.1 Å². The van der Waals surface area contributed by atoms with Crippen molar-refractivity contribution in [2.45, 2.75) is 38.9 Å². The van der Waals surface area contributed by atoms with E-state index in [9.17, 15) is 0 Å². The lowest BCUT2D eigenvalue weighted by Crippen LogP contribution is -2.04. The van der Waals surface area contributed by atoms with E-state index in [0.717, 1.165) is 0 Å². The van der Waals surface area contributed by atoms with Crippen molar-refractivity contribution in [2.24, 2.45) is 0 Å². The molecule has 0 aliphatic carbocycles. The van der Waals surface area contributed by atoms with Crippen LogP contribution in [-0.2, 0) is 0 Å². The average Bonchev–Trinajstić information content (AvgIpc) is 1.93. The summed E-state index contributed by atoms with van der Waals surface area (Å²) in [5, 5.41) is 2.75. The van der Waals surface area contributed by atoms with Crippen LogP contribution in [0.5, 0.6) is 0 Å². The Kier molecular flexibility index (Phi) is 15.3. The van der Waals surface area contributed by atoms with Crippen molar-refractivity contribution in [2.75, 3.05) is 14.1 Å². The minimum absolute atomic E-state index is 0.171. The van der Waals surface area contributed by atoms with Gasteiger partial charge in [0.15, 0.2) is 0 Å². The fourth-order valence-electron chi connectivity index (χ4n) is 0.866. The fraction of sp³-hybridized carbons (Fsp3) is 1.00. The Labute approximate surface area is 67.8 Å². The van der Waals surface area contributed by atoms with Gasteiger partial charge in [-0.05, 0) is 14.1 Å². The zero-order chi connectivity index (χ0) is 8.41. The largest absolute Gasteiger partial charge is 0.323 e. The second-order valence-electron chi connectivity index (χ2n) is 2.59. The standard InChI is InChI=1S/C6H16Si.C2H7N/c1-4-7(5-2)6-3;1-3-2/h7H,4-6H2,1-3H3;3H,1-2H3. The van der Waals surface area contributed by atoms with Gasteiger partial charge >= 0.3 is 0 Å². The van der Waals surface area contributed by atoms with Gasteiger partial charge in [0.1, 0.15) is 0 Å². The molecule has 0 unspecified atom stereocenters. The highest BCUT2D eigenvalue weighted by Gasteiger charge is 1.98. The highest BCUT2D eigenvalue weighted by atomic mass is 28.3. The summed E-state index contributed by atoms with van der Waals surface area (Å²) in [5.41, 5.74) is 0. The minimum Gasteiger partial charge on any atom is -0.323 e. The maximum Gasteiger partial charge on any atom is 0.0359 e. The van der Waals surface area contributed by atoms with Crippen LogP contribution in [0.15, 0.2) is 0 Å². The van der Waals surface area contributed by atoms with E-state index >= 15 is 0 Å². The molecule has 0 aromatic rings. The van der Waals surface area contributed by atoms with E-state index in [-0.39, 0.29) is 8.80 Å². The van der Waals surface area contributed by atoms with Crippen LogP contribution >= 0.6 is 0 Å². The molecule has 0 radical (unpaired) electrons. The van der Waals surface area contributed by atoms with Gasteiger partial charge in [0.05, 0.1) is 0 Å². The summed E-state index contributed by atoms with van der Waals surface area (Å²) in [7, 11) is 3.58. The third kappa shape index (κ3) is 11.0. The Morgan fingerprint density at radius 1 is 0.900 bits per heavy atom. The second kappa shape index (κ2) is 11.9. The lowest BCUT2D eigenvalue weighted by atomic mass is 10.9. The molecule has 1 N–H and O–H groups in total. The zero-order valence-corrected chi connectivity index (χ0v) is 9.35. The first kappa shape index (κ1) is 12.8. The summed E-state index contributed by atoms with van der Waals surface area (Å²) in [6.45, 7) is 6.97. The molecule has 0 spiro atoms. The highest BCUT2D eigenvalue weighted by Crippen LogP contribution is 2.01. The van der Waals surface area contributed by atoms with Crippen molar-refractivity contribution >= 4 is 8.80 Å². The van der Waals surface area contributed by atoms with Gasteiger partial charge in [0.25, 0.3) is 0 Å². The van der Waals surface area contributed by atoms with Crippen LogP contribution in [0.1, 0.15) is 20.8 Å². The summed E-state index contributed by atoms with van der Waals surface area (Å²) in [4.78, 5) is 0. The number of hydrogen-bond donors (Lipinski definition) is 1. The summed E-state index contributed by atoms with van der Waals surface area (Å²) >= 11 is 0. The first-order valence-electron chi connectivity index (χ1n) is 4.35. The SMILES string of the molecule is CC[SiH](CC)CC.CNC. The molecule has 2 heteroatoms. The zero-order valence-electron chi connectivity index (χ0n) is 8.20. The molecule has 0 aromatic carbocycles. The van der Waals surface area contributed by atoms with Gasteiger partial charge in [-0.2, -0.15) is 0 Å². The van der Waals surface area contributed by atoms with Gasteiger partial charge < -0.3 is 5.32 Å². The molecule has 0 amide bonds. The van der Waals surface area contributed by atoms with Gasteiger partial charge in [-0.15, -0.1) is 0 Å². The van der Waals surface area contributed by atoms with Crippen LogP contribution < -0.4 is 5.32 Å². The molecule has 0 bridgehead atoms. The Balaban J connectivity index is 0. The molecule has 0 fully saturated rings. The van der Waals surface area contributed by atoms with E-state index in [1.807, 2.05) is 14.1 Å². The van der Waals surface area contributed by atoms with Gasteiger partial charge in [-0.1, -0.05) is 38.9 Å². The van der Waals surface area contributed by atoms with E-state index in [0.29, 0.717) is 0 Å². The third-order valence-corrected chi connectivity index (χ3v) is 5.20. The smallest absolute Gasteiger partial charge is 0.0359 e. The van der Waals surface area contributed by atoms with E-state index in [4.69, 9.17) is 0 Å². The monoisotopic (exact) mass is 161 g/mol.